The Morgan fingerprint density at radius 1 is 0.938 bits per heavy atom. The first kappa shape index (κ1) is 12.4. The van der Waals surface area contributed by atoms with Crippen molar-refractivity contribution >= 4 is 0 Å². The molecule has 2 saturated heterocycles. The van der Waals surface area contributed by atoms with Crippen LogP contribution in [0, 0.1) is 5.41 Å². The first-order valence-electron chi connectivity index (χ1n) is 7.23. The summed E-state index contributed by atoms with van der Waals surface area (Å²) in [7, 11) is 0. The highest BCUT2D eigenvalue weighted by Crippen LogP contribution is 2.40. The quantitative estimate of drug-likeness (QED) is 0.662. The Bertz CT molecular complexity index is 199. The average Bonchev–Trinajstić information content (AvgIpc) is 2.27. The van der Waals surface area contributed by atoms with Crippen LogP contribution in [0.3, 0.4) is 0 Å². The van der Waals surface area contributed by atoms with Gasteiger partial charge in [-0.3, -0.25) is 0 Å². The molecule has 0 N–H and O–H groups in total. The molecule has 2 rings (SSSR count). The summed E-state index contributed by atoms with van der Waals surface area (Å²) in [5.41, 5.74) is 0.733. The lowest BCUT2D eigenvalue weighted by Crippen LogP contribution is -2.60. The molecule has 0 aromatic carbocycles. The number of hydrogen-bond acceptors (Lipinski definition) is 2. The van der Waals surface area contributed by atoms with Crippen LogP contribution < -0.4 is 0 Å². The number of hydrogen-bond donors (Lipinski definition) is 0. The molecular weight excluding hydrogens is 196 g/mol. The molecule has 16 heavy (non-hydrogen) atoms. The third kappa shape index (κ3) is 2.78. The number of piperidine rings is 1. The lowest BCUT2D eigenvalue weighted by Gasteiger charge is -2.54. The van der Waals surface area contributed by atoms with Crippen molar-refractivity contribution < 1.29 is 0 Å². The van der Waals surface area contributed by atoms with Crippen molar-refractivity contribution in [3.8, 4) is 0 Å². The lowest BCUT2D eigenvalue weighted by molar-refractivity contribution is -0.0434. The molecule has 2 fully saturated rings. The van der Waals surface area contributed by atoms with Gasteiger partial charge in [0.1, 0.15) is 0 Å². The van der Waals surface area contributed by atoms with Crippen molar-refractivity contribution in [3.05, 3.63) is 0 Å². The molecule has 2 nitrogen and oxygen atoms in total. The molecule has 2 heteroatoms. The fourth-order valence-electron chi connectivity index (χ4n) is 3.28. The van der Waals surface area contributed by atoms with Crippen LogP contribution >= 0.6 is 0 Å². The summed E-state index contributed by atoms with van der Waals surface area (Å²) >= 11 is 0. The summed E-state index contributed by atoms with van der Waals surface area (Å²) in [6.45, 7) is 12.7. The Balaban J connectivity index is 1.64. The van der Waals surface area contributed by atoms with E-state index in [2.05, 4.69) is 23.6 Å². The highest BCUT2D eigenvalue weighted by atomic mass is 15.2. The Morgan fingerprint density at radius 2 is 1.62 bits per heavy atom. The summed E-state index contributed by atoms with van der Waals surface area (Å²) in [5.74, 6) is 0. The second-order valence-electron chi connectivity index (χ2n) is 5.85. The van der Waals surface area contributed by atoms with Gasteiger partial charge in [-0.25, -0.2) is 0 Å². The summed E-state index contributed by atoms with van der Waals surface area (Å²) in [6, 6.07) is 0. The van der Waals surface area contributed by atoms with E-state index >= 15 is 0 Å². The third-order valence-corrected chi connectivity index (χ3v) is 4.56. The molecule has 2 heterocycles. The molecule has 0 saturated carbocycles. The fraction of sp³-hybridized carbons (Fsp3) is 1.00. The van der Waals surface area contributed by atoms with Gasteiger partial charge in [0.05, 0.1) is 0 Å². The molecule has 0 aromatic heterocycles. The molecule has 1 spiro atoms. The summed E-state index contributed by atoms with van der Waals surface area (Å²) in [6.07, 6.45) is 7.07. The van der Waals surface area contributed by atoms with Gasteiger partial charge >= 0.3 is 0 Å². The maximum Gasteiger partial charge on any atom is 0.00513 e. The standard InChI is InChI=1S/C14H28N2/c1-3-5-6-9-16-10-7-14(8-11-16)12-15(4-2)13-14/h3-13H2,1-2H3. The number of nitrogens with zero attached hydrogens (tertiary/aromatic N) is 2. The van der Waals surface area contributed by atoms with E-state index in [4.69, 9.17) is 0 Å². The van der Waals surface area contributed by atoms with E-state index in [0.29, 0.717) is 0 Å². The maximum absolute atomic E-state index is 2.69. The Morgan fingerprint density at radius 3 is 2.19 bits per heavy atom. The van der Waals surface area contributed by atoms with Gasteiger partial charge in [-0.1, -0.05) is 26.7 Å². The van der Waals surface area contributed by atoms with Crippen LogP contribution in [0.25, 0.3) is 0 Å². The van der Waals surface area contributed by atoms with Crippen molar-refractivity contribution in [2.45, 2.75) is 46.0 Å². The first-order chi connectivity index (χ1) is 7.78. The van der Waals surface area contributed by atoms with Gasteiger partial charge in [0, 0.05) is 13.1 Å². The van der Waals surface area contributed by atoms with Gasteiger partial charge in [-0.05, 0) is 50.9 Å². The Hall–Kier alpha value is -0.0800. The zero-order valence-corrected chi connectivity index (χ0v) is 11.2. The van der Waals surface area contributed by atoms with E-state index in [1.165, 1.54) is 71.4 Å². The highest BCUT2D eigenvalue weighted by Gasteiger charge is 2.43. The third-order valence-electron chi connectivity index (χ3n) is 4.56. The molecule has 0 aliphatic carbocycles. The van der Waals surface area contributed by atoms with Crippen LogP contribution in [0.5, 0.6) is 0 Å². The van der Waals surface area contributed by atoms with Crippen molar-refractivity contribution in [1.82, 2.24) is 9.80 Å². The minimum Gasteiger partial charge on any atom is -0.303 e. The smallest absolute Gasteiger partial charge is 0.00513 e. The second-order valence-corrected chi connectivity index (χ2v) is 5.85. The topological polar surface area (TPSA) is 6.48 Å². The molecule has 2 aliphatic heterocycles. The molecule has 0 bridgehead atoms. The van der Waals surface area contributed by atoms with E-state index < -0.39 is 0 Å². The van der Waals surface area contributed by atoms with Gasteiger partial charge < -0.3 is 9.80 Å². The van der Waals surface area contributed by atoms with Crippen LogP contribution in [0.4, 0.5) is 0 Å². The highest BCUT2D eigenvalue weighted by molar-refractivity contribution is 4.97. The molecule has 0 radical (unpaired) electrons. The summed E-state index contributed by atoms with van der Waals surface area (Å²) in [5, 5.41) is 0. The minimum absolute atomic E-state index is 0.733. The first-order valence-corrected chi connectivity index (χ1v) is 7.23. The van der Waals surface area contributed by atoms with E-state index in [9.17, 15) is 0 Å². The van der Waals surface area contributed by atoms with E-state index in [-0.39, 0.29) is 0 Å². The van der Waals surface area contributed by atoms with Gasteiger partial charge in [0.2, 0.25) is 0 Å². The second kappa shape index (κ2) is 5.50. The van der Waals surface area contributed by atoms with Gasteiger partial charge in [-0.2, -0.15) is 0 Å². The lowest BCUT2D eigenvalue weighted by atomic mass is 9.72. The molecular formula is C14H28N2. The van der Waals surface area contributed by atoms with Crippen molar-refractivity contribution in [3.63, 3.8) is 0 Å². The monoisotopic (exact) mass is 224 g/mol. The van der Waals surface area contributed by atoms with Gasteiger partial charge in [-0.15, -0.1) is 0 Å². The average molecular weight is 224 g/mol. The predicted molar refractivity (Wildman–Crippen MR) is 69.7 cm³/mol. The molecule has 2 aliphatic rings. The van der Waals surface area contributed by atoms with Crippen LogP contribution in [0.1, 0.15) is 46.0 Å². The fourth-order valence-corrected chi connectivity index (χ4v) is 3.28. The molecule has 0 atom stereocenters. The maximum atomic E-state index is 2.69. The summed E-state index contributed by atoms with van der Waals surface area (Å²) < 4.78 is 0. The largest absolute Gasteiger partial charge is 0.303 e. The van der Waals surface area contributed by atoms with E-state index in [1.807, 2.05) is 0 Å². The zero-order valence-electron chi connectivity index (χ0n) is 11.2. The van der Waals surface area contributed by atoms with E-state index in [1.54, 1.807) is 0 Å². The SMILES string of the molecule is CCCCCN1CCC2(CC1)CN(CC)C2. The normalized spacial score (nSPS) is 25.9. The number of rotatable bonds is 5. The van der Waals surface area contributed by atoms with Crippen molar-refractivity contribution in [2.24, 2.45) is 5.41 Å². The number of unbranched alkanes of at least 4 members (excludes halogenated alkanes) is 2. The minimum atomic E-state index is 0.733. The molecule has 94 valence electrons. The van der Waals surface area contributed by atoms with Gasteiger partial charge in [0.25, 0.3) is 0 Å². The van der Waals surface area contributed by atoms with Crippen molar-refractivity contribution in [1.29, 1.82) is 0 Å². The molecule has 0 amide bonds. The zero-order chi connectivity index (χ0) is 11.4. The molecule has 0 unspecified atom stereocenters. The summed E-state index contributed by atoms with van der Waals surface area (Å²) in [4.78, 5) is 5.28. The Kier molecular flexibility index (Phi) is 4.26. The van der Waals surface area contributed by atoms with Crippen LogP contribution in [0.15, 0.2) is 0 Å². The van der Waals surface area contributed by atoms with E-state index in [0.717, 1.165) is 5.41 Å². The predicted octanol–water partition coefficient (Wildman–Crippen LogP) is 2.59. The van der Waals surface area contributed by atoms with Crippen LogP contribution in [0.2, 0.25) is 0 Å². The van der Waals surface area contributed by atoms with Crippen LogP contribution in [-0.4, -0.2) is 49.1 Å². The molecule has 0 aromatic rings. The Labute approximate surface area is 101 Å². The van der Waals surface area contributed by atoms with Gasteiger partial charge in [0.15, 0.2) is 0 Å². The van der Waals surface area contributed by atoms with Crippen molar-refractivity contribution in [2.75, 3.05) is 39.3 Å². The van der Waals surface area contributed by atoms with Crippen LogP contribution in [-0.2, 0) is 0 Å². The number of likely N-dealkylation sites (tertiary alicyclic amines) is 2.